The summed E-state index contributed by atoms with van der Waals surface area (Å²) in [5, 5.41) is 2.26. The molecule has 1 aliphatic rings. The maximum atomic E-state index is 12.4. The van der Waals surface area contributed by atoms with Gasteiger partial charge in [0.05, 0.1) is 13.2 Å². The van der Waals surface area contributed by atoms with Crippen molar-refractivity contribution < 1.29 is 23.9 Å². The van der Waals surface area contributed by atoms with Crippen LogP contribution in [0.2, 0.25) is 5.02 Å². The number of amidine groups is 1. The van der Waals surface area contributed by atoms with Gasteiger partial charge < -0.3 is 9.47 Å². The molecule has 0 saturated carbocycles. The number of carbonyl (C=O) groups is 3. The van der Waals surface area contributed by atoms with Crippen LogP contribution in [0.5, 0.6) is 0 Å². The number of carbonyl (C=O) groups excluding carboxylic acids is 3. The van der Waals surface area contributed by atoms with Gasteiger partial charge in [-0.05, 0) is 45.0 Å². The molecular formula is C16H18ClN3O5. The van der Waals surface area contributed by atoms with E-state index in [0.29, 0.717) is 10.6 Å². The average Bonchev–Trinajstić information content (AvgIpc) is 2.97. The van der Waals surface area contributed by atoms with Crippen LogP contribution in [0.1, 0.15) is 26.3 Å². The largest absolute Gasteiger partial charge is 0.448 e. The first-order valence-electron chi connectivity index (χ1n) is 7.67. The van der Waals surface area contributed by atoms with Gasteiger partial charge in [0, 0.05) is 10.6 Å². The van der Waals surface area contributed by atoms with Crippen molar-refractivity contribution in [3.63, 3.8) is 0 Å². The first-order chi connectivity index (χ1) is 11.9. The molecule has 0 spiro atoms. The fourth-order valence-corrected chi connectivity index (χ4v) is 2.35. The smallest absolute Gasteiger partial charge is 0.435 e. The number of nitrogens with zero attached hydrogens (tertiary/aromatic N) is 3. The summed E-state index contributed by atoms with van der Waals surface area (Å²) < 4.78 is 9.97. The molecule has 1 atom stereocenters. The minimum atomic E-state index is -1.21. The lowest BCUT2D eigenvalue weighted by Crippen LogP contribution is -2.53. The van der Waals surface area contributed by atoms with E-state index in [4.69, 9.17) is 21.1 Å². The second kappa shape index (κ2) is 7.98. The van der Waals surface area contributed by atoms with E-state index in [2.05, 4.69) is 4.99 Å². The molecule has 1 heterocycles. The van der Waals surface area contributed by atoms with E-state index in [-0.39, 0.29) is 19.0 Å². The van der Waals surface area contributed by atoms with Crippen LogP contribution < -0.4 is 0 Å². The fraction of sp³-hybridized carbons (Fsp3) is 0.375. The molecule has 134 valence electrons. The number of hydrogen-bond donors (Lipinski definition) is 0. The lowest BCUT2D eigenvalue weighted by Gasteiger charge is -2.29. The van der Waals surface area contributed by atoms with Gasteiger partial charge in [-0.25, -0.2) is 14.6 Å². The predicted octanol–water partition coefficient (Wildman–Crippen LogP) is 2.85. The van der Waals surface area contributed by atoms with Crippen LogP contribution in [0.4, 0.5) is 9.59 Å². The van der Waals surface area contributed by atoms with Crippen molar-refractivity contribution >= 4 is 35.4 Å². The lowest BCUT2D eigenvalue weighted by atomic mass is 10.2. The highest BCUT2D eigenvalue weighted by atomic mass is 35.5. The van der Waals surface area contributed by atoms with E-state index < -0.39 is 24.1 Å². The van der Waals surface area contributed by atoms with E-state index in [1.807, 2.05) is 0 Å². The number of hydrogen-bond acceptors (Lipinski definition) is 6. The highest BCUT2D eigenvalue weighted by molar-refractivity contribution is 6.30. The fourth-order valence-electron chi connectivity index (χ4n) is 2.23. The van der Waals surface area contributed by atoms with Crippen molar-refractivity contribution in [3.05, 3.63) is 34.9 Å². The van der Waals surface area contributed by atoms with Gasteiger partial charge in [0.25, 0.3) is 0 Å². The number of benzene rings is 1. The van der Waals surface area contributed by atoms with Crippen molar-refractivity contribution in [1.82, 2.24) is 10.0 Å². The number of ether oxygens (including phenoxy) is 2. The van der Waals surface area contributed by atoms with E-state index in [1.165, 1.54) is 6.92 Å². The second-order valence-corrected chi connectivity index (χ2v) is 5.43. The highest BCUT2D eigenvalue weighted by Gasteiger charge is 2.45. The summed E-state index contributed by atoms with van der Waals surface area (Å²) in [6.07, 6.45) is -2.93. The molecule has 0 bridgehead atoms. The molecule has 25 heavy (non-hydrogen) atoms. The molecule has 0 aliphatic carbocycles. The number of Topliss-reactive ketones (excluding diaryl/α,β-unsaturated/α-hetero) is 1. The van der Waals surface area contributed by atoms with Crippen LogP contribution in [-0.4, -0.2) is 53.2 Å². The van der Waals surface area contributed by atoms with Crippen LogP contribution in [0, 0.1) is 0 Å². The van der Waals surface area contributed by atoms with Crippen molar-refractivity contribution in [2.24, 2.45) is 4.99 Å². The van der Waals surface area contributed by atoms with Gasteiger partial charge >= 0.3 is 12.2 Å². The van der Waals surface area contributed by atoms with Crippen LogP contribution in [-0.2, 0) is 14.3 Å². The quantitative estimate of drug-likeness (QED) is 0.816. The minimum absolute atomic E-state index is 0.0763. The molecule has 1 unspecified atom stereocenters. The molecule has 2 amide bonds. The molecule has 8 nitrogen and oxygen atoms in total. The number of amides is 2. The molecule has 9 heteroatoms. The third kappa shape index (κ3) is 3.90. The third-order valence-electron chi connectivity index (χ3n) is 3.25. The Morgan fingerprint density at radius 3 is 2.16 bits per heavy atom. The van der Waals surface area contributed by atoms with Gasteiger partial charge in [0.1, 0.15) is 0 Å². The van der Waals surface area contributed by atoms with Gasteiger partial charge in [-0.2, -0.15) is 10.0 Å². The molecule has 0 radical (unpaired) electrons. The summed E-state index contributed by atoms with van der Waals surface area (Å²) >= 11 is 5.88. The van der Waals surface area contributed by atoms with E-state index in [1.54, 1.807) is 38.1 Å². The molecule has 0 saturated heterocycles. The Hall–Kier alpha value is -2.61. The summed E-state index contributed by atoms with van der Waals surface area (Å²) in [6, 6.07) is 6.47. The van der Waals surface area contributed by atoms with Gasteiger partial charge in [0.15, 0.2) is 11.6 Å². The first kappa shape index (κ1) is 18.7. The second-order valence-electron chi connectivity index (χ2n) is 5.00. The third-order valence-corrected chi connectivity index (χ3v) is 3.51. The number of aliphatic imine (C=N–C) groups is 1. The van der Waals surface area contributed by atoms with Gasteiger partial charge in [-0.3, -0.25) is 4.79 Å². The van der Waals surface area contributed by atoms with Gasteiger partial charge in [-0.1, -0.05) is 11.6 Å². The Morgan fingerprint density at radius 1 is 1.08 bits per heavy atom. The molecule has 0 fully saturated rings. The lowest BCUT2D eigenvalue weighted by molar-refractivity contribution is -0.123. The zero-order chi connectivity index (χ0) is 18.6. The topological polar surface area (TPSA) is 88.5 Å². The molecule has 1 aromatic rings. The Morgan fingerprint density at radius 2 is 1.64 bits per heavy atom. The first-order valence-corrected chi connectivity index (χ1v) is 8.05. The summed E-state index contributed by atoms with van der Waals surface area (Å²) in [7, 11) is 0. The van der Waals surface area contributed by atoms with Crippen LogP contribution in [0.25, 0.3) is 0 Å². The van der Waals surface area contributed by atoms with Crippen molar-refractivity contribution in [2.45, 2.75) is 26.9 Å². The van der Waals surface area contributed by atoms with Gasteiger partial charge in [0.2, 0.25) is 6.17 Å². The SMILES string of the molecule is CCOC(=O)N1C(c2ccc(Cl)cc2)=NC(C(C)=O)N1C(=O)OCC. The molecule has 2 rings (SSSR count). The van der Waals surface area contributed by atoms with Crippen LogP contribution in [0.15, 0.2) is 29.3 Å². The summed E-state index contributed by atoms with van der Waals surface area (Å²) in [6.45, 7) is 4.68. The van der Waals surface area contributed by atoms with Crippen molar-refractivity contribution in [2.75, 3.05) is 13.2 Å². The maximum absolute atomic E-state index is 12.4. The predicted molar refractivity (Wildman–Crippen MR) is 90.2 cm³/mol. The monoisotopic (exact) mass is 367 g/mol. The minimum Gasteiger partial charge on any atom is -0.448 e. The van der Waals surface area contributed by atoms with E-state index in [9.17, 15) is 14.4 Å². The number of ketones is 1. The summed E-state index contributed by atoms with van der Waals surface area (Å²) in [5.41, 5.74) is 0.496. The standard InChI is InChI=1S/C16H18ClN3O5/c1-4-24-15(22)19-13(10(3)21)18-14(20(19)16(23)25-5-2)11-6-8-12(17)9-7-11/h6-9,13H,4-5H2,1-3H3. The van der Waals surface area contributed by atoms with Crippen molar-refractivity contribution in [3.8, 4) is 0 Å². The molecule has 0 aromatic heterocycles. The molecule has 1 aliphatic heterocycles. The summed E-state index contributed by atoms with van der Waals surface area (Å²) in [5.74, 6) is -0.324. The zero-order valence-electron chi connectivity index (χ0n) is 14.1. The van der Waals surface area contributed by atoms with E-state index in [0.717, 1.165) is 10.0 Å². The number of hydrazine groups is 1. The average molecular weight is 368 g/mol. The zero-order valence-corrected chi connectivity index (χ0v) is 14.8. The van der Waals surface area contributed by atoms with Crippen LogP contribution >= 0.6 is 11.6 Å². The Kier molecular flexibility index (Phi) is 5.97. The van der Waals surface area contributed by atoms with E-state index >= 15 is 0 Å². The molecule has 1 aromatic carbocycles. The normalized spacial score (nSPS) is 16.5. The molecule has 0 N–H and O–H groups in total. The number of rotatable bonds is 4. The highest BCUT2D eigenvalue weighted by Crippen LogP contribution is 2.24. The Labute approximate surface area is 149 Å². The van der Waals surface area contributed by atoms with Gasteiger partial charge in [-0.15, -0.1) is 0 Å². The maximum Gasteiger partial charge on any atom is 0.435 e. The Balaban J connectivity index is 2.51. The summed E-state index contributed by atoms with van der Waals surface area (Å²) in [4.78, 5) is 40.9. The van der Waals surface area contributed by atoms with Crippen molar-refractivity contribution in [1.29, 1.82) is 0 Å². The Bertz CT molecular complexity index is 704. The number of halogens is 1. The molecular weight excluding hydrogens is 350 g/mol. The van der Waals surface area contributed by atoms with Crippen LogP contribution in [0.3, 0.4) is 0 Å².